The van der Waals surface area contributed by atoms with Crippen molar-refractivity contribution in [2.45, 2.75) is 46.6 Å². The Morgan fingerprint density at radius 2 is 1.88 bits per heavy atom. The molecule has 0 saturated heterocycles. The molecule has 2 heteroatoms. The highest BCUT2D eigenvalue weighted by Gasteiger charge is 2.09. The van der Waals surface area contributed by atoms with Gasteiger partial charge in [0.1, 0.15) is 5.75 Å². The van der Waals surface area contributed by atoms with Gasteiger partial charge in [0.15, 0.2) is 0 Å². The van der Waals surface area contributed by atoms with Gasteiger partial charge in [-0.05, 0) is 36.3 Å². The van der Waals surface area contributed by atoms with Gasteiger partial charge in [0.05, 0.1) is 6.61 Å². The maximum Gasteiger partial charge on any atom is 0.121 e. The summed E-state index contributed by atoms with van der Waals surface area (Å²) in [7, 11) is 0. The van der Waals surface area contributed by atoms with Crippen molar-refractivity contribution in [2.75, 3.05) is 0 Å². The number of aryl methyl sites for hydroxylation is 1. The summed E-state index contributed by atoms with van der Waals surface area (Å²) in [5.41, 5.74) is 2.10. The molecule has 1 rings (SSSR count). The van der Waals surface area contributed by atoms with Crippen molar-refractivity contribution in [1.29, 1.82) is 0 Å². The minimum absolute atomic E-state index is 0.103. The fraction of sp³-hybridized carbons (Fsp3) is 0.571. The maximum atomic E-state index is 9.59. The highest BCUT2D eigenvalue weighted by molar-refractivity contribution is 5.35. The van der Waals surface area contributed by atoms with Crippen molar-refractivity contribution >= 4 is 0 Å². The topological polar surface area (TPSA) is 40.5 Å². The third-order valence-corrected chi connectivity index (χ3v) is 2.71. The highest BCUT2D eigenvalue weighted by Crippen LogP contribution is 2.24. The van der Waals surface area contributed by atoms with Gasteiger partial charge in [0.2, 0.25) is 0 Å². The summed E-state index contributed by atoms with van der Waals surface area (Å²) in [6.45, 7) is 6.60. The predicted octanol–water partition coefficient (Wildman–Crippen LogP) is 3.25. The molecule has 90 valence electrons. The van der Waals surface area contributed by atoms with Gasteiger partial charge in [-0.15, -0.1) is 0 Å². The third-order valence-electron chi connectivity index (χ3n) is 2.71. The van der Waals surface area contributed by atoms with Gasteiger partial charge in [-0.2, -0.15) is 0 Å². The number of aliphatic hydroxyl groups excluding tert-OH is 1. The second-order valence-electron chi connectivity index (χ2n) is 5.54. The van der Waals surface area contributed by atoms with E-state index in [-0.39, 0.29) is 12.4 Å². The number of aromatic hydroxyl groups is 1. The molecule has 0 radical (unpaired) electrons. The third kappa shape index (κ3) is 4.23. The molecule has 0 spiro atoms. The fourth-order valence-corrected chi connectivity index (χ4v) is 1.72. The summed E-state index contributed by atoms with van der Waals surface area (Å²) in [6.07, 6.45) is 3.29. The summed E-state index contributed by atoms with van der Waals surface area (Å²) in [6, 6.07) is 5.53. The number of phenols is 1. The first-order chi connectivity index (χ1) is 7.42. The van der Waals surface area contributed by atoms with Crippen molar-refractivity contribution in [3.8, 4) is 5.75 Å². The lowest BCUT2D eigenvalue weighted by Crippen LogP contribution is -2.05. The van der Waals surface area contributed by atoms with Crippen LogP contribution in [-0.2, 0) is 13.0 Å². The summed E-state index contributed by atoms with van der Waals surface area (Å²) in [5.74, 6) is 0.204. The fourth-order valence-electron chi connectivity index (χ4n) is 1.72. The molecule has 0 amide bonds. The molecule has 0 bridgehead atoms. The van der Waals surface area contributed by atoms with Crippen LogP contribution in [0, 0.1) is 5.41 Å². The second-order valence-corrected chi connectivity index (χ2v) is 5.54. The van der Waals surface area contributed by atoms with Gasteiger partial charge in [0.25, 0.3) is 0 Å². The van der Waals surface area contributed by atoms with Crippen LogP contribution in [0.25, 0.3) is 0 Å². The van der Waals surface area contributed by atoms with E-state index >= 15 is 0 Å². The lowest BCUT2D eigenvalue weighted by Gasteiger charge is -2.17. The van der Waals surface area contributed by atoms with E-state index in [1.165, 1.54) is 6.42 Å². The van der Waals surface area contributed by atoms with Crippen molar-refractivity contribution in [2.24, 2.45) is 5.41 Å². The minimum atomic E-state index is -0.103. The van der Waals surface area contributed by atoms with E-state index in [1.807, 2.05) is 6.07 Å². The summed E-state index contributed by atoms with van der Waals surface area (Å²) >= 11 is 0. The molecule has 0 aromatic heterocycles. The zero-order valence-corrected chi connectivity index (χ0v) is 10.5. The molecule has 16 heavy (non-hydrogen) atoms. The lowest BCUT2D eigenvalue weighted by molar-refractivity contribution is 0.275. The Hall–Kier alpha value is -1.02. The number of hydrogen-bond acceptors (Lipinski definition) is 2. The van der Waals surface area contributed by atoms with E-state index in [0.717, 1.165) is 18.4 Å². The van der Waals surface area contributed by atoms with E-state index in [9.17, 15) is 5.11 Å². The molecule has 0 aliphatic rings. The van der Waals surface area contributed by atoms with E-state index in [1.54, 1.807) is 12.1 Å². The van der Waals surface area contributed by atoms with Crippen molar-refractivity contribution in [3.63, 3.8) is 0 Å². The maximum absolute atomic E-state index is 9.59. The second kappa shape index (κ2) is 5.35. The Balaban J connectivity index is 2.52. The van der Waals surface area contributed by atoms with Gasteiger partial charge in [-0.3, -0.25) is 0 Å². The first-order valence-corrected chi connectivity index (χ1v) is 5.84. The zero-order valence-electron chi connectivity index (χ0n) is 10.5. The van der Waals surface area contributed by atoms with Gasteiger partial charge in [-0.25, -0.2) is 0 Å². The van der Waals surface area contributed by atoms with Gasteiger partial charge < -0.3 is 10.2 Å². The molecule has 0 aliphatic heterocycles. The lowest BCUT2D eigenvalue weighted by atomic mass is 9.89. The standard InChI is InChI=1S/C14H22O2/c1-14(2,3)8-4-5-11-6-7-12(10-15)13(16)9-11/h6-7,9,15-16H,4-5,8,10H2,1-3H3. The van der Waals surface area contributed by atoms with Crippen LogP contribution < -0.4 is 0 Å². The Morgan fingerprint density at radius 3 is 2.38 bits per heavy atom. The molecule has 0 saturated carbocycles. The average Bonchev–Trinajstić information content (AvgIpc) is 2.16. The van der Waals surface area contributed by atoms with Crippen LogP contribution in [0.1, 0.15) is 44.7 Å². The van der Waals surface area contributed by atoms with Gasteiger partial charge in [-0.1, -0.05) is 32.9 Å². The van der Waals surface area contributed by atoms with Crippen LogP contribution >= 0.6 is 0 Å². The van der Waals surface area contributed by atoms with Crippen molar-refractivity contribution < 1.29 is 10.2 Å². The summed E-state index contributed by atoms with van der Waals surface area (Å²) < 4.78 is 0. The Kier molecular flexibility index (Phi) is 4.36. The predicted molar refractivity (Wildman–Crippen MR) is 66.4 cm³/mol. The Morgan fingerprint density at radius 1 is 1.19 bits per heavy atom. The van der Waals surface area contributed by atoms with Crippen LogP contribution in [0.4, 0.5) is 0 Å². The largest absolute Gasteiger partial charge is 0.508 e. The number of aliphatic hydroxyl groups is 1. The van der Waals surface area contributed by atoms with E-state index in [0.29, 0.717) is 11.0 Å². The Bertz CT molecular complexity index is 337. The Labute approximate surface area is 97.9 Å². The molecule has 1 aromatic rings. The van der Waals surface area contributed by atoms with Crippen molar-refractivity contribution in [1.82, 2.24) is 0 Å². The van der Waals surface area contributed by atoms with Crippen LogP contribution in [0.2, 0.25) is 0 Å². The number of hydrogen-bond donors (Lipinski definition) is 2. The number of benzene rings is 1. The quantitative estimate of drug-likeness (QED) is 0.821. The molecule has 0 unspecified atom stereocenters. The van der Waals surface area contributed by atoms with Crippen molar-refractivity contribution in [3.05, 3.63) is 29.3 Å². The normalized spacial score (nSPS) is 11.8. The molecule has 2 N–H and O–H groups in total. The van der Waals surface area contributed by atoms with Crippen LogP contribution in [0.5, 0.6) is 5.75 Å². The summed E-state index contributed by atoms with van der Waals surface area (Å²) in [4.78, 5) is 0. The zero-order chi connectivity index (χ0) is 12.2. The first-order valence-electron chi connectivity index (χ1n) is 5.84. The van der Waals surface area contributed by atoms with Crippen LogP contribution in [-0.4, -0.2) is 10.2 Å². The van der Waals surface area contributed by atoms with Gasteiger partial charge in [0, 0.05) is 5.56 Å². The number of rotatable bonds is 4. The van der Waals surface area contributed by atoms with Gasteiger partial charge >= 0.3 is 0 Å². The molecule has 0 heterocycles. The first kappa shape index (κ1) is 13.0. The molecule has 2 nitrogen and oxygen atoms in total. The van der Waals surface area contributed by atoms with E-state index < -0.39 is 0 Å². The molecule has 0 aliphatic carbocycles. The molecular weight excluding hydrogens is 200 g/mol. The smallest absolute Gasteiger partial charge is 0.121 e. The van der Waals surface area contributed by atoms with E-state index in [2.05, 4.69) is 20.8 Å². The average molecular weight is 222 g/mol. The monoisotopic (exact) mass is 222 g/mol. The molecule has 0 atom stereocenters. The summed E-state index contributed by atoms with van der Waals surface area (Å²) in [5, 5.41) is 18.5. The molecule has 1 aromatic carbocycles. The van der Waals surface area contributed by atoms with E-state index in [4.69, 9.17) is 5.11 Å². The SMILES string of the molecule is CC(C)(C)CCCc1ccc(CO)c(O)c1. The molecular formula is C14H22O2. The highest BCUT2D eigenvalue weighted by atomic mass is 16.3. The molecule has 0 fully saturated rings. The van der Waals surface area contributed by atoms with Crippen LogP contribution in [0.3, 0.4) is 0 Å². The minimum Gasteiger partial charge on any atom is -0.508 e. The van der Waals surface area contributed by atoms with Crippen LogP contribution in [0.15, 0.2) is 18.2 Å².